The molecule has 0 bridgehead atoms. The highest BCUT2D eigenvalue weighted by Crippen LogP contribution is 2.47. The van der Waals surface area contributed by atoms with Crippen molar-refractivity contribution in [1.82, 2.24) is 0 Å². The van der Waals surface area contributed by atoms with Gasteiger partial charge in [-0.25, -0.2) is 0 Å². The molecule has 0 saturated heterocycles. The summed E-state index contributed by atoms with van der Waals surface area (Å²) in [6.07, 6.45) is 0. The third-order valence-corrected chi connectivity index (χ3v) is 6.51. The number of aliphatic hydroxyl groups is 1. The summed E-state index contributed by atoms with van der Waals surface area (Å²) in [6.45, 7) is 0.283. The summed E-state index contributed by atoms with van der Waals surface area (Å²) in [5.41, 5.74) is 5.60. The first-order valence-electron chi connectivity index (χ1n) is 9.14. The average Bonchev–Trinajstić information content (AvgIpc) is 3.18. The zero-order valence-corrected chi connectivity index (χ0v) is 16.1. The van der Waals surface area contributed by atoms with Crippen molar-refractivity contribution >= 4 is 45.2 Å². The highest BCUT2D eigenvalue weighted by Gasteiger charge is 2.59. The van der Waals surface area contributed by atoms with Gasteiger partial charge in [-0.15, -0.1) is 0 Å². The summed E-state index contributed by atoms with van der Waals surface area (Å²) in [5, 5.41) is 12.6. The summed E-state index contributed by atoms with van der Waals surface area (Å²) in [6, 6.07) is 21.0. The second kappa shape index (κ2) is 6.43. The lowest BCUT2D eigenvalue weighted by molar-refractivity contribution is -0.140. The first-order chi connectivity index (χ1) is 14.0. The minimum atomic E-state index is -2.00. The van der Waals surface area contributed by atoms with Crippen LogP contribution in [0.4, 0.5) is 5.69 Å². The van der Waals surface area contributed by atoms with Crippen LogP contribution in [-0.4, -0.2) is 27.3 Å². The maximum atomic E-state index is 13.4. The smallest absolute Gasteiger partial charge is 0.265 e. The van der Waals surface area contributed by atoms with Crippen LogP contribution in [-0.2, 0) is 21.7 Å². The van der Waals surface area contributed by atoms with Crippen LogP contribution in [0.25, 0.3) is 10.8 Å². The number of aliphatic imine (C=N–C) groups is 1. The van der Waals surface area contributed by atoms with Gasteiger partial charge in [-0.05, 0) is 28.5 Å². The van der Waals surface area contributed by atoms with Gasteiger partial charge in [0.1, 0.15) is 5.25 Å². The van der Waals surface area contributed by atoms with Crippen molar-refractivity contribution in [3.05, 3.63) is 77.9 Å². The number of benzene rings is 3. The van der Waals surface area contributed by atoms with Gasteiger partial charge in [-0.1, -0.05) is 66.4 Å². The van der Waals surface area contributed by atoms with E-state index in [-0.39, 0.29) is 11.7 Å². The van der Waals surface area contributed by atoms with Crippen molar-refractivity contribution in [2.24, 2.45) is 10.7 Å². The number of nitrogens with two attached hydrogens (primary N) is 1. The Morgan fingerprint density at radius 1 is 1.03 bits per heavy atom. The lowest BCUT2D eigenvalue weighted by Crippen LogP contribution is -2.49. The quantitative estimate of drug-likeness (QED) is 0.701. The molecule has 2 unspecified atom stereocenters. The van der Waals surface area contributed by atoms with Crippen LogP contribution in [0, 0.1) is 0 Å². The fourth-order valence-corrected chi connectivity index (χ4v) is 4.96. The first kappa shape index (κ1) is 17.9. The average molecular weight is 403 g/mol. The molecule has 0 fully saturated rings. The number of hydrogen-bond acceptors (Lipinski definition) is 5. The van der Waals surface area contributed by atoms with Crippen molar-refractivity contribution in [3.63, 3.8) is 0 Å². The number of hydrogen-bond donors (Lipinski definition) is 2. The van der Waals surface area contributed by atoms with Crippen molar-refractivity contribution in [3.8, 4) is 0 Å². The maximum absolute atomic E-state index is 13.4. The lowest BCUT2D eigenvalue weighted by atomic mass is 9.91. The third kappa shape index (κ3) is 2.66. The van der Waals surface area contributed by atoms with E-state index in [4.69, 9.17) is 5.73 Å². The number of fused-ring (bicyclic) bond motifs is 2. The van der Waals surface area contributed by atoms with Crippen molar-refractivity contribution < 1.29 is 14.7 Å². The molecule has 5 rings (SSSR count). The molecule has 144 valence electrons. The zero-order valence-electron chi connectivity index (χ0n) is 15.3. The van der Waals surface area contributed by atoms with E-state index in [9.17, 15) is 14.7 Å². The predicted octanol–water partition coefficient (Wildman–Crippen LogP) is 2.53. The van der Waals surface area contributed by atoms with Gasteiger partial charge in [0.15, 0.2) is 10.8 Å². The van der Waals surface area contributed by atoms with Gasteiger partial charge in [0.05, 0.1) is 12.2 Å². The molecule has 2 atom stereocenters. The van der Waals surface area contributed by atoms with Crippen LogP contribution in [0.1, 0.15) is 11.1 Å². The van der Waals surface area contributed by atoms with E-state index in [1.165, 1.54) is 4.90 Å². The molecule has 0 radical (unpaired) electrons. The van der Waals surface area contributed by atoms with E-state index >= 15 is 0 Å². The van der Waals surface area contributed by atoms with Crippen LogP contribution < -0.4 is 10.6 Å². The highest BCUT2D eigenvalue weighted by molar-refractivity contribution is 8.15. The number of para-hydroxylation sites is 1. The zero-order chi connectivity index (χ0) is 20.2. The van der Waals surface area contributed by atoms with Crippen LogP contribution in [0.2, 0.25) is 0 Å². The van der Waals surface area contributed by atoms with Crippen molar-refractivity contribution in [1.29, 1.82) is 0 Å². The van der Waals surface area contributed by atoms with E-state index in [0.717, 1.165) is 28.1 Å². The fraction of sp³-hybridized carbons (Fsp3) is 0.136. The Morgan fingerprint density at radius 3 is 2.52 bits per heavy atom. The first-order valence-corrected chi connectivity index (χ1v) is 10.0. The van der Waals surface area contributed by atoms with E-state index in [2.05, 4.69) is 4.99 Å². The van der Waals surface area contributed by atoms with Gasteiger partial charge in [0.25, 0.3) is 11.8 Å². The Hall–Kier alpha value is -3.16. The predicted molar refractivity (Wildman–Crippen MR) is 113 cm³/mol. The van der Waals surface area contributed by atoms with Gasteiger partial charge >= 0.3 is 0 Å². The molecule has 6 nitrogen and oxygen atoms in total. The monoisotopic (exact) mass is 403 g/mol. The summed E-state index contributed by atoms with van der Waals surface area (Å²) in [4.78, 5) is 31.0. The van der Waals surface area contributed by atoms with Gasteiger partial charge in [-0.2, -0.15) is 4.99 Å². The Bertz CT molecular complexity index is 1210. The molecule has 29 heavy (non-hydrogen) atoms. The number of carbonyl (C=O) groups is 2. The number of amides is 2. The van der Waals surface area contributed by atoms with Gasteiger partial charge < -0.3 is 15.7 Å². The van der Waals surface area contributed by atoms with Crippen LogP contribution in [0.3, 0.4) is 0 Å². The molecular weight excluding hydrogens is 386 g/mol. The Kier molecular flexibility index (Phi) is 3.97. The third-order valence-electron chi connectivity index (χ3n) is 5.39. The largest absolute Gasteiger partial charge is 0.378 e. The highest BCUT2D eigenvalue weighted by atomic mass is 32.2. The molecule has 0 spiro atoms. The normalized spacial score (nSPS) is 23.6. The Balaban J connectivity index is 1.56. The molecule has 0 aromatic heterocycles. The van der Waals surface area contributed by atoms with E-state index in [1.54, 1.807) is 24.3 Å². The second-order valence-electron chi connectivity index (χ2n) is 7.14. The molecule has 2 amide bonds. The summed E-state index contributed by atoms with van der Waals surface area (Å²) in [5.74, 6) is -1.13. The van der Waals surface area contributed by atoms with E-state index in [1.807, 2.05) is 42.5 Å². The summed E-state index contributed by atoms with van der Waals surface area (Å²) < 4.78 is 0. The van der Waals surface area contributed by atoms with Gasteiger partial charge in [0, 0.05) is 5.56 Å². The molecule has 3 aromatic rings. The van der Waals surface area contributed by atoms with Crippen molar-refractivity contribution in [2.45, 2.75) is 17.4 Å². The number of rotatable bonds is 3. The van der Waals surface area contributed by atoms with Crippen LogP contribution in [0.15, 0.2) is 71.7 Å². The molecule has 2 aliphatic heterocycles. The summed E-state index contributed by atoms with van der Waals surface area (Å²) in [7, 11) is 0. The number of thioether (sulfide) groups is 1. The second-order valence-corrected chi connectivity index (χ2v) is 8.27. The molecule has 3 N–H and O–H groups in total. The van der Waals surface area contributed by atoms with Gasteiger partial charge in [-0.3, -0.25) is 9.59 Å². The molecule has 7 heteroatoms. The summed E-state index contributed by atoms with van der Waals surface area (Å²) >= 11 is 0.928. The molecule has 0 aliphatic carbocycles. The van der Waals surface area contributed by atoms with Crippen LogP contribution >= 0.6 is 11.8 Å². The van der Waals surface area contributed by atoms with Crippen LogP contribution in [0.5, 0.6) is 0 Å². The number of nitrogens with zero attached hydrogens (tertiary/aromatic N) is 2. The molecule has 0 saturated carbocycles. The molecule has 2 aliphatic rings. The molecular formula is C22H17N3O3S. The number of amidine groups is 1. The molecule has 3 aromatic carbocycles. The number of anilines is 1. The minimum absolute atomic E-state index is 0.0617. The van der Waals surface area contributed by atoms with Crippen molar-refractivity contribution in [2.75, 3.05) is 4.90 Å². The topological polar surface area (TPSA) is 96.0 Å². The maximum Gasteiger partial charge on any atom is 0.265 e. The van der Waals surface area contributed by atoms with Gasteiger partial charge in [0.2, 0.25) is 0 Å². The SMILES string of the molecule is NC1=NC(=O)C(C2(O)C(=O)N(Cc3ccc4ccccc4c3)c3ccccc32)S1. The standard InChI is InChI=1S/C22H17N3O3S/c23-21-24-19(26)18(29-21)22(28)16-7-3-4-8-17(16)25(20(22)27)12-13-9-10-14-5-1-2-6-15(14)11-13/h1-11,18,28H,12H2,(H2,23,24,26). The fourth-order valence-electron chi connectivity index (χ4n) is 4.02. The molecule has 2 heterocycles. The van der Waals surface area contributed by atoms with E-state index < -0.39 is 22.7 Å². The van der Waals surface area contributed by atoms with E-state index in [0.29, 0.717) is 11.3 Å². The Labute approximate surface area is 171 Å². The Morgan fingerprint density at radius 2 is 1.76 bits per heavy atom. The lowest BCUT2D eigenvalue weighted by Gasteiger charge is -2.26. The minimum Gasteiger partial charge on any atom is -0.378 e. The number of carbonyl (C=O) groups excluding carboxylic acids is 2.